The zero-order valence-corrected chi connectivity index (χ0v) is 18.7. The molecule has 0 bridgehead atoms. The van der Waals surface area contributed by atoms with E-state index in [0.717, 1.165) is 31.7 Å². The highest BCUT2D eigenvalue weighted by molar-refractivity contribution is 7.80. The summed E-state index contributed by atoms with van der Waals surface area (Å²) in [6, 6.07) is 13.8. The summed E-state index contributed by atoms with van der Waals surface area (Å²) in [7, 11) is 0. The number of thiophene rings is 1. The van der Waals surface area contributed by atoms with E-state index in [2.05, 4.69) is 26.3 Å². The Hall–Kier alpha value is -3.56. The molecule has 4 heterocycles. The third kappa shape index (κ3) is 3.26. The van der Waals surface area contributed by atoms with E-state index in [-0.39, 0.29) is 11.3 Å². The molecule has 0 saturated heterocycles. The Morgan fingerprint density at radius 2 is 2.09 bits per heavy atom. The Labute approximate surface area is 192 Å². The third-order valence-corrected chi connectivity index (χ3v) is 6.65. The molecule has 0 aliphatic carbocycles. The van der Waals surface area contributed by atoms with Gasteiger partial charge >= 0.3 is 0 Å². The first kappa shape index (κ1) is 20.3. The van der Waals surface area contributed by atoms with Gasteiger partial charge in [-0.3, -0.25) is 14.9 Å². The fourth-order valence-corrected chi connectivity index (χ4v) is 5.39. The summed E-state index contributed by atoms with van der Waals surface area (Å²) >= 11 is 6.68. The number of rotatable bonds is 5. The summed E-state index contributed by atoms with van der Waals surface area (Å²) in [5, 5.41) is 7.62. The fourth-order valence-electron chi connectivity index (χ4n) is 4.20. The van der Waals surface area contributed by atoms with Crippen LogP contribution in [-0.4, -0.2) is 26.5 Å². The van der Waals surface area contributed by atoms with Gasteiger partial charge in [0.1, 0.15) is 11.0 Å². The topological polar surface area (TPSA) is 102 Å². The van der Waals surface area contributed by atoms with E-state index >= 15 is 0 Å². The van der Waals surface area contributed by atoms with Gasteiger partial charge < -0.3 is 15.6 Å². The average molecular weight is 462 g/mol. The number of nitrogens with zero attached hydrogens (tertiary/aromatic N) is 2. The van der Waals surface area contributed by atoms with Gasteiger partial charge in [0.2, 0.25) is 0 Å². The average Bonchev–Trinajstić information content (AvgIpc) is 3.44. The SMILES string of the molecule is CCC(NC(N)=S)n1c(-c2cc3cccnc3s2)c(C2=CC(=O)NC2=O)c2ccccc21. The molecule has 32 heavy (non-hydrogen) atoms. The number of imide groups is 1. The van der Waals surface area contributed by atoms with Crippen molar-refractivity contribution in [3.05, 3.63) is 60.3 Å². The molecule has 3 aromatic heterocycles. The maximum Gasteiger partial charge on any atom is 0.259 e. The molecule has 7 nitrogen and oxygen atoms in total. The number of hydrogen-bond donors (Lipinski definition) is 3. The number of amides is 2. The van der Waals surface area contributed by atoms with E-state index in [0.29, 0.717) is 17.6 Å². The maximum absolute atomic E-state index is 12.7. The van der Waals surface area contributed by atoms with Crippen LogP contribution in [-0.2, 0) is 9.59 Å². The molecule has 0 saturated carbocycles. The molecule has 1 aliphatic heterocycles. The van der Waals surface area contributed by atoms with Crippen molar-refractivity contribution in [2.75, 3.05) is 0 Å². The molecule has 1 atom stereocenters. The van der Waals surface area contributed by atoms with Crippen molar-refractivity contribution in [2.24, 2.45) is 5.73 Å². The zero-order valence-electron chi connectivity index (χ0n) is 17.1. The molecular weight excluding hydrogens is 442 g/mol. The number of benzene rings is 1. The highest BCUT2D eigenvalue weighted by Gasteiger charge is 2.32. The molecule has 0 radical (unpaired) electrons. The Morgan fingerprint density at radius 3 is 2.78 bits per heavy atom. The Bertz CT molecular complexity index is 1420. The summed E-state index contributed by atoms with van der Waals surface area (Å²) in [6.45, 7) is 2.03. The van der Waals surface area contributed by atoms with E-state index < -0.39 is 11.8 Å². The monoisotopic (exact) mass is 461 g/mol. The van der Waals surface area contributed by atoms with Gasteiger partial charge in [0.05, 0.1) is 21.7 Å². The van der Waals surface area contributed by atoms with Gasteiger partial charge in [-0.15, -0.1) is 11.3 Å². The lowest BCUT2D eigenvalue weighted by atomic mass is 10.0. The van der Waals surface area contributed by atoms with Gasteiger partial charge in [0.15, 0.2) is 5.11 Å². The normalized spacial score (nSPS) is 14.6. The number of carbonyl (C=O) groups is 2. The van der Waals surface area contributed by atoms with Gasteiger partial charge in [-0.2, -0.15) is 0 Å². The van der Waals surface area contributed by atoms with E-state index in [1.165, 1.54) is 17.4 Å². The van der Waals surface area contributed by atoms with Crippen LogP contribution in [0.25, 0.3) is 37.3 Å². The van der Waals surface area contributed by atoms with Crippen molar-refractivity contribution in [3.63, 3.8) is 0 Å². The van der Waals surface area contributed by atoms with Crippen LogP contribution in [0.1, 0.15) is 25.1 Å². The van der Waals surface area contributed by atoms with Crippen LogP contribution >= 0.6 is 23.6 Å². The van der Waals surface area contributed by atoms with Crippen LogP contribution in [0.2, 0.25) is 0 Å². The molecular formula is C23H19N5O2S2. The van der Waals surface area contributed by atoms with Crippen molar-refractivity contribution in [1.82, 2.24) is 20.2 Å². The van der Waals surface area contributed by atoms with Gasteiger partial charge in [-0.05, 0) is 36.8 Å². The van der Waals surface area contributed by atoms with Crippen LogP contribution in [0.5, 0.6) is 0 Å². The lowest BCUT2D eigenvalue weighted by molar-refractivity contribution is -0.123. The number of thiocarbonyl (C=S) groups is 1. The lowest BCUT2D eigenvalue weighted by Gasteiger charge is -2.23. The van der Waals surface area contributed by atoms with E-state index in [9.17, 15) is 9.59 Å². The second kappa shape index (κ2) is 7.85. The number of hydrogen-bond acceptors (Lipinski definition) is 5. The minimum absolute atomic E-state index is 0.188. The molecule has 4 aromatic rings. The van der Waals surface area contributed by atoms with E-state index in [4.69, 9.17) is 18.0 Å². The summed E-state index contributed by atoms with van der Waals surface area (Å²) in [4.78, 5) is 31.1. The summed E-state index contributed by atoms with van der Waals surface area (Å²) < 4.78 is 2.12. The van der Waals surface area contributed by atoms with Crippen molar-refractivity contribution in [1.29, 1.82) is 0 Å². The van der Waals surface area contributed by atoms with Gasteiger partial charge in [-0.25, -0.2) is 4.98 Å². The van der Waals surface area contributed by atoms with E-state index in [1.54, 1.807) is 6.20 Å². The predicted molar refractivity (Wildman–Crippen MR) is 131 cm³/mol. The van der Waals surface area contributed by atoms with Crippen LogP contribution in [0.4, 0.5) is 0 Å². The van der Waals surface area contributed by atoms with Crippen LogP contribution in [0.15, 0.2) is 54.7 Å². The van der Waals surface area contributed by atoms with Crippen molar-refractivity contribution in [2.45, 2.75) is 19.5 Å². The largest absolute Gasteiger partial charge is 0.376 e. The minimum Gasteiger partial charge on any atom is -0.376 e. The molecule has 0 spiro atoms. The number of pyridine rings is 1. The fraction of sp³-hybridized carbons (Fsp3) is 0.130. The van der Waals surface area contributed by atoms with Crippen molar-refractivity contribution >= 4 is 67.2 Å². The van der Waals surface area contributed by atoms with Gasteiger partial charge in [-0.1, -0.05) is 31.2 Å². The molecule has 0 fully saturated rings. The number of nitrogens with two attached hydrogens (primary N) is 1. The maximum atomic E-state index is 12.7. The van der Waals surface area contributed by atoms with E-state index in [1.807, 2.05) is 43.3 Å². The first-order valence-electron chi connectivity index (χ1n) is 10.1. The summed E-state index contributed by atoms with van der Waals surface area (Å²) in [6.07, 6.45) is 3.56. The molecule has 2 amide bonds. The Kier molecular flexibility index (Phi) is 4.99. The molecule has 1 aliphatic rings. The first-order chi connectivity index (χ1) is 15.5. The Morgan fingerprint density at radius 1 is 1.28 bits per heavy atom. The molecule has 5 rings (SSSR count). The zero-order chi connectivity index (χ0) is 22.4. The molecule has 1 unspecified atom stereocenters. The van der Waals surface area contributed by atoms with Crippen LogP contribution < -0.4 is 16.4 Å². The highest BCUT2D eigenvalue weighted by Crippen LogP contribution is 2.44. The molecule has 160 valence electrons. The van der Waals surface area contributed by atoms with Crippen LogP contribution in [0, 0.1) is 0 Å². The highest BCUT2D eigenvalue weighted by atomic mass is 32.1. The smallest absolute Gasteiger partial charge is 0.259 e. The predicted octanol–water partition coefficient (Wildman–Crippen LogP) is 3.70. The summed E-state index contributed by atoms with van der Waals surface area (Å²) in [5.41, 5.74) is 8.63. The van der Waals surface area contributed by atoms with Gasteiger partial charge in [0.25, 0.3) is 11.8 Å². The van der Waals surface area contributed by atoms with Crippen molar-refractivity contribution < 1.29 is 9.59 Å². The minimum atomic E-state index is -0.418. The van der Waals surface area contributed by atoms with Crippen LogP contribution in [0.3, 0.4) is 0 Å². The third-order valence-electron chi connectivity index (χ3n) is 5.47. The second-order valence-electron chi connectivity index (χ2n) is 7.43. The molecule has 9 heteroatoms. The number of fused-ring (bicyclic) bond motifs is 2. The quantitative estimate of drug-likeness (QED) is 0.309. The Balaban J connectivity index is 1.90. The lowest BCUT2D eigenvalue weighted by Crippen LogP contribution is -2.36. The second-order valence-corrected chi connectivity index (χ2v) is 8.90. The molecule has 4 N–H and O–H groups in total. The van der Waals surface area contributed by atoms with Crippen molar-refractivity contribution in [3.8, 4) is 10.6 Å². The number of para-hydroxylation sites is 1. The molecule has 1 aromatic carbocycles. The first-order valence-corrected chi connectivity index (χ1v) is 11.3. The number of aromatic nitrogens is 2. The standard InChI is InChI=1S/C23H19N5O2S2/c1-2-17(26-23(24)31)28-15-8-4-3-7-13(15)19(14-11-18(29)27-21(14)30)20(28)16-10-12-6-5-9-25-22(12)32-16/h3-11,17H,2H2,1H3,(H3,24,26,31)(H,27,29,30). The van der Waals surface area contributed by atoms with Gasteiger partial charge in [0, 0.05) is 28.6 Å². The number of nitrogens with one attached hydrogen (secondary N) is 2. The summed E-state index contributed by atoms with van der Waals surface area (Å²) in [5.74, 6) is -0.826. The number of carbonyl (C=O) groups excluding carboxylic acids is 2.